The number of aromatic nitrogens is 2. The molecule has 2 aliphatic rings. The number of halogens is 1. The van der Waals surface area contributed by atoms with E-state index in [-0.39, 0.29) is 12.4 Å². The van der Waals surface area contributed by atoms with Gasteiger partial charge in [0, 0.05) is 36.9 Å². The fraction of sp³-hybridized carbons (Fsp3) is 0.727. The molecule has 1 aromatic heterocycles. The van der Waals surface area contributed by atoms with Gasteiger partial charge in [0.2, 0.25) is 0 Å². The zero-order valence-corrected chi connectivity index (χ0v) is 9.83. The third-order valence-electron chi connectivity index (χ3n) is 3.75. The minimum Gasteiger partial charge on any atom is -0.311 e. The summed E-state index contributed by atoms with van der Waals surface area (Å²) in [7, 11) is 2.05. The Morgan fingerprint density at radius 2 is 2.00 bits per heavy atom. The third-order valence-corrected chi connectivity index (χ3v) is 3.75. The van der Waals surface area contributed by atoms with Crippen LogP contribution in [-0.2, 0) is 7.05 Å². The number of piperidine rings is 1. The Labute approximate surface area is 96.6 Å². The van der Waals surface area contributed by atoms with Gasteiger partial charge in [-0.05, 0) is 31.7 Å². The highest BCUT2D eigenvalue weighted by Gasteiger charge is 2.34. The maximum absolute atomic E-state index is 4.26. The number of aryl methyl sites for hydroxylation is 1. The molecule has 1 aromatic rings. The third kappa shape index (κ3) is 1.91. The fourth-order valence-electron chi connectivity index (χ4n) is 3.08. The molecule has 2 saturated heterocycles. The highest BCUT2D eigenvalue weighted by molar-refractivity contribution is 5.85. The molecule has 2 aliphatic heterocycles. The van der Waals surface area contributed by atoms with E-state index in [1.54, 1.807) is 0 Å². The fourth-order valence-corrected chi connectivity index (χ4v) is 3.08. The first-order valence-corrected chi connectivity index (χ1v) is 5.57. The highest BCUT2D eigenvalue weighted by atomic mass is 35.5. The summed E-state index contributed by atoms with van der Waals surface area (Å²) in [5.41, 5.74) is 1.42. The van der Waals surface area contributed by atoms with E-state index in [0.717, 1.165) is 18.0 Å². The van der Waals surface area contributed by atoms with Gasteiger partial charge in [0.15, 0.2) is 0 Å². The summed E-state index contributed by atoms with van der Waals surface area (Å²) < 4.78 is 2.04. The first-order chi connectivity index (χ1) is 6.83. The van der Waals surface area contributed by atoms with E-state index >= 15 is 0 Å². The second kappa shape index (κ2) is 4.14. The Bertz CT molecular complexity index is 324. The Hall–Kier alpha value is -0.540. The van der Waals surface area contributed by atoms with Crippen molar-refractivity contribution in [1.29, 1.82) is 0 Å². The second-order valence-electron chi connectivity index (χ2n) is 4.69. The van der Waals surface area contributed by atoms with Gasteiger partial charge in [0.1, 0.15) is 0 Å². The molecule has 2 bridgehead atoms. The summed E-state index contributed by atoms with van der Waals surface area (Å²) >= 11 is 0. The molecule has 0 aromatic carbocycles. The van der Waals surface area contributed by atoms with Gasteiger partial charge in [-0.1, -0.05) is 0 Å². The van der Waals surface area contributed by atoms with Gasteiger partial charge in [0.25, 0.3) is 0 Å². The van der Waals surface area contributed by atoms with Crippen LogP contribution in [0.1, 0.15) is 37.3 Å². The molecule has 0 saturated carbocycles. The van der Waals surface area contributed by atoms with Crippen LogP contribution in [0.3, 0.4) is 0 Å². The Morgan fingerprint density at radius 3 is 2.53 bits per heavy atom. The first-order valence-electron chi connectivity index (χ1n) is 5.57. The van der Waals surface area contributed by atoms with Crippen molar-refractivity contribution in [3.63, 3.8) is 0 Å². The number of hydrogen-bond donors (Lipinski definition) is 1. The molecule has 0 amide bonds. The average Bonchev–Trinajstić information content (AvgIpc) is 2.73. The second-order valence-corrected chi connectivity index (χ2v) is 4.69. The van der Waals surface area contributed by atoms with Gasteiger partial charge in [0.05, 0.1) is 0 Å². The van der Waals surface area contributed by atoms with Crippen molar-refractivity contribution in [1.82, 2.24) is 15.1 Å². The van der Waals surface area contributed by atoms with Crippen LogP contribution in [0.25, 0.3) is 0 Å². The van der Waals surface area contributed by atoms with Gasteiger partial charge in [-0.2, -0.15) is 5.10 Å². The van der Waals surface area contributed by atoms with Gasteiger partial charge < -0.3 is 5.32 Å². The van der Waals surface area contributed by atoms with Gasteiger partial charge in [-0.15, -0.1) is 12.4 Å². The molecule has 1 N–H and O–H groups in total. The minimum absolute atomic E-state index is 0. The molecule has 3 rings (SSSR count). The van der Waals surface area contributed by atoms with Crippen LogP contribution in [0, 0.1) is 0 Å². The lowest BCUT2D eigenvalue weighted by Crippen LogP contribution is -2.37. The van der Waals surface area contributed by atoms with E-state index in [0.29, 0.717) is 0 Å². The number of nitrogens with one attached hydrogen (secondary N) is 1. The Kier molecular flexibility index (Phi) is 3.03. The summed E-state index contributed by atoms with van der Waals surface area (Å²) in [6.45, 7) is 0. The van der Waals surface area contributed by atoms with Crippen molar-refractivity contribution in [2.45, 2.75) is 43.7 Å². The van der Waals surface area contributed by atoms with Crippen LogP contribution < -0.4 is 5.32 Å². The van der Waals surface area contributed by atoms with Gasteiger partial charge >= 0.3 is 0 Å². The summed E-state index contributed by atoms with van der Waals surface area (Å²) in [6, 6.07) is 3.72. The van der Waals surface area contributed by atoms with Crippen molar-refractivity contribution in [2.75, 3.05) is 0 Å². The van der Waals surface area contributed by atoms with E-state index in [1.165, 1.54) is 31.4 Å². The normalized spacial score (nSPS) is 33.8. The molecule has 0 spiro atoms. The van der Waals surface area contributed by atoms with Gasteiger partial charge in [-0.3, -0.25) is 4.68 Å². The van der Waals surface area contributed by atoms with Crippen molar-refractivity contribution in [3.05, 3.63) is 18.0 Å². The van der Waals surface area contributed by atoms with Crippen LogP contribution >= 0.6 is 12.4 Å². The number of fused-ring (bicyclic) bond motifs is 2. The topological polar surface area (TPSA) is 29.9 Å². The van der Waals surface area contributed by atoms with Crippen molar-refractivity contribution < 1.29 is 0 Å². The summed E-state index contributed by atoms with van der Waals surface area (Å²) in [4.78, 5) is 0. The lowest BCUT2D eigenvalue weighted by atomic mass is 9.90. The van der Waals surface area contributed by atoms with E-state index in [9.17, 15) is 0 Å². The van der Waals surface area contributed by atoms with Crippen LogP contribution in [-0.4, -0.2) is 21.9 Å². The monoisotopic (exact) mass is 227 g/mol. The molecule has 0 radical (unpaired) electrons. The quantitative estimate of drug-likeness (QED) is 0.794. The molecule has 15 heavy (non-hydrogen) atoms. The standard InChI is InChI=1S/C11H17N3.ClH/c1-14-11(4-5-12-14)8-6-9-2-3-10(7-8)13-9;/h4-5,8-10,13H,2-3,6-7H2,1H3;1H. The van der Waals surface area contributed by atoms with Gasteiger partial charge in [-0.25, -0.2) is 0 Å². The average molecular weight is 228 g/mol. The molecule has 2 unspecified atom stereocenters. The summed E-state index contributed by atoms with van der Waals surface area (Å²) in [5, 5.41) is 7.93. The van der Waals surface area contributed by atoms with Crippen LogP contribution in [0.2, 0.25) is 0 Å². The van der Waals surface area contributed by atoms with E-state index in [2.05, 4.69) is 23.5 Å². The first kappa shape index (κ1) is 11.0. The molecule has 0 aliphatic carbocycles. The molecule has 3 heterocycles. The zero-order chi connectivity index (χ0) is 9.54. The predicted octanol–water partition coefficient (Wildman–Crippen LogP) is 1.84. The molecular weight excluding hydrogens is 210 g/mol. The highest BCUT2D eigenvalue weighted by Crippen LogP contribution is 2.36. The maximum Gasteiger partial charge on any atom is 0.0492 e. The summed E-state index contributed by atoms with van der Waals surface area (Å²) in [5.74, 6) is 0.737. The molecule has 2 fully saturated rings. The molecular formula is C11H18ClN3. The van der Waals surface area contributed by atoms with E-state index < -0.39 is 0 Å². The van der Waals surface area contributed by atoms with Crippen LogP contribution in [0.4, 0.5) is 0 Å². The van der Waals surface area contributed by atoms with E-state index in [4.69, 9.17) is 0 Å². The van der Waals surface area contributed by atoms with Crippen LogP contribution in [0.15, 0.2) is 12.3 Å². The Morgan fingerprint density at radius 1 is 1.33 bits per heavy atom. The lowest BCUT2D eigenvalue weighted by molar-refractivity contribution is 0.352. The number of hydrogen-bond acceptors (Lipinski definition) is 2. The zero-order valence-electron chi connectivity index (χ0n) is 9.02. The molecule has 4 heteroatoms. The van der Waals surface area contributed by atoms with Crippen molar-refractivity contribution in [3.8, 4) is 0 Å². The number of rotatable bonds is 1. The molecule has 3 nitrogen and oxygen atoms in total. The molecule has 2 atom stereocenters. The maximum atomic E-state index is 4.26. The SMILES string of the molecule is Cl.Cn1nccc1C1CC2CCC(C1)N2. The number of nitrogens with zero attached hydrogens (tertiary/aromatic N) is 2. The van der Waals surface area contributed by atoms with Crippen LogP contribution in [0.5, 0.6) is 0 Å². The Balaban J connectivity index is 0.000000853. The summed E-state index contributed by atoms with van der Waals surface area (Å²) in [6.07, 6.45) is 7.27. The van der Waals surface area contributed by atoms with Crippen molar-refractivity contribution >= 4 is 12.4 Å². The minimum atomic E-state index is 0. The lowest BCUT2D eigenvalue weighted by Gasteiger charge is -2.29. The van der Waals surface area contributed by atoms with Crippen molar-refractivity contribution in [2.24, 2.45) is 7.05 Å². The largest absolute Gasteiger partial charge is 0.311 e. The van der Waals surface area contributed by atoms with E-state index in [1.807, 2.05) is 10.9 Å². The smallest absolute Gasteiger partial charge is 0.0492 e. The predicted molar refractivity (Wildman–Crippen MR) is 62.4 cm³/mol. The molecule has 84 valence electrons.